The Morgan fingerprint density at radius 2 is 1.84 bits per heavy atom. The molecule has 0 bridgehead atoms. The Balaban J connectivity index is 0.00000341. The highest BCUT2D eigenvalue weighted by atomic mass is 35.5. The monoisotopic (exact) mass is 490 g/mol. The molecule has 170 valence electrons. The highest BCUT2D eigenvalue weighted by Crippen LogP contribution is 2.39. The van der Waals surface area contributed by atoms with E-state index in [1.165, 1.54) is 23.5 Å². The van der Waals surface area contributed by atoms with Gasteiger partial charge in [-0.3, -0.25) is 9.10 Å². The lowest BCUT2D eigenvalue weighted by molar-refractivity contribution is -0.687. The number of nitrogens with two attached hydrogens (primary N) is 1. The molecule has 2 aromatic carbocycles. The van der Waals surface area contributed by atoms with Crippen molar-refractivity contribution in [1.29, 1.82) is 0 Å². The van der Waals surface area contributed by atoms with Crippen molar-refractivity contribution in [3.63, 3.8) is 0 Å². The van der Waals surface area contributed by atoms with Crippen molar-refractivity contribution >= 4 is 33.3 Å². The van der Waals surface area contributed by atoms with Gasteiger partial charge in [-0.05, 0) is 37.5 Å². The Morgan fingerprint density at radius 3 is 2.55 bits per heavy atom. The average molecular weight is 491 g/mol. The number of aliphatic carboxylic acids is 1. The van der Waals surface area contributed by atoms with Gasteiger partial charge in [0, 0.05) is 24.6 Å². The second-order valence-corrected chi connectivity index (χ2v) is 9.74. The molecule has 1 unspecified atom stereocenters. The fraction of sp³-hybridized carbons (Fsp3) is 0.381. The molecule has 1 aliphatic heterocycles. The van der Waals surface area contributed by atoms with Crippen LogP contribution < -0.4 is 22.0 Å². The standard InChI is InChI=1S/C21H24ClFN2O4S.ClH/c1-25-18-9-6-5-8-14(18)21(24-11-7-3-2-4-10-20(26)27)15-12-17(23)16(22)13-19(15)30(25,28)29;/h5-6,8-9,12-13,21,24H,2-4,7,10-11H2,1H3,(H,26,27);1H. The first-order valence-electron chi connectivity index (χ1n) is 9.85. The van der Waals surface area contributed by atoms with E-state index in [1.54, 1.807) is 12.1 Å². The van der Waals surface area contributed by atoms with Gasteiger partial charge in [0.1, 0.15) is 11.9 Å². The topological polar surface area (TPSA) is 91.3 Å². The zero-order valence-corrected chi connectivity index (χ0v) is 19.4. The lowest BCUT2D eigenvalue weighted by Crippen LogP contribution is -3.00. The first-order valence-corrected chi connectivity index (χ1v) is 11.7. The molecule has 0 saturated carbocycles. The number of carboxylic acids is 1. The largest absolute Gasteiger partial charge is 1.00 e. The minimum absolute atomic E-state index is 0. The van der Waals surface area contributed by atoms with Crippen LogP contribution in [0, 0.1) is 5.82 Å². The van der Waals surface area contributed by atoms with E-state index in [2.05, 4.69) is 0 Å². The number of para-hydroxylation sites is 1. The van der Waals surface area contributed by atoms with Crippen molar-refractivity contribution in [3.05, 3.63) is 58.4 Å². The van der Waals surface area contributed by atoms with E-state index < -0.39 is 27.9 Å². The summed E-state index contributed by atoms with van der Waals surface area (Å²) in [6.45, 7) is 0.694. The molecule has 10 heteroatoms. The van der Waals surface area contributed by atoms with Gasteiger partial charge < -0.3 is 22.8 Å². The van der Waals surface area contributed by atoms with Crippen LogP contribution in [0.4, 0.5) is 10.1 Å². The number of rotatable bonds is 8. The molecule has 0 radical (unpaired) electrons. The quantitative estimate of drug-likeness (QED) is 0.521. The summed E-state index contributed by atoms with van der Waals surface area (Å²) in [7, 11) is -2.40. The van der Waals surface area contributed by atoms with Crippen LogP contribution in [0.2, 0.25) is 5.02 Å². The van der Waals surface area contributed by atoms with Gasteiger partial charge in [0.15, 0.2) is 0 Å². The van der Waals surface area contributed by atoms with Crippen molar-refractivity contribution < 1.29 is 40.4 Å². The summed E-state index contributed by atoms with van der Waals surface area (Å²) in [6, 6.07) is 9.22. The van der Waals surface area contributed by atoms with Gasteiger partial charge in [-0.1, -0.05) is 36.2 Å². The molecule has 1 atom stereocenters. The number of halogens is 3. The van der Waals surface area contributed by atoms with Crippen LogP contribution in [0.3, 0.4) is 0 Å². The number of hydrogen-bond donors (Lipinski definition) is 2. The molecule has 0 aromatic heterocycles. The van der Waals surface area contributed by atoms with Gasteiger partial charge in [0.25, 0.3) is 10.0 Å². The molecule has 3 N–H and O–H groups in total. The predicted octanol–water partition coefficient (Wildman–Crippen LogP) is 0.310. The summed E-state index contributed by atoms with van der Waals surface area (Å²) in [4.78, 5) is 10.6. The number of benzene rings is 2. The van der Waals surface area contributed by atoms with E-state index in [1.807, 2.05) is 17.4 Å². The molecule has 31 heavy (non-hydrogen) atoms. The Hall–Kier alpha value is -1.87. The van der Waals surface area contributed by atoms with Crippen molar-refractivity contribution in [1.82, 2.24) is 0 Å². The van der Waals surface area contributed by atoms with Gasteiger partial charge in [-0.25, -0.2) is 12.8 Å². The Kier molecular flexibility index (Phi) is 8.71. The third-order valence-corrected chi connectivity index (χ3v) is 7.50. The number of carbonyl (C=O) groups is 1. The molecule has 2 aromatic rings. The van der Waals surface area contributed by atoms with Crippen LogP contribution in [-0.2, 0) is 14.8 Å². The summed E-state index contributed by atoms with van der Waals surface area (Å²) in [5.74, 6) is -1.45. The number of anilines is 1. The molecular formula is C21H25Cl2FN2O4S. The number of sulfonamides is 1. The minimum atomic E-state index is -3.89. The van der Waals surface area contributed by atoms with Crippen molar-refractivity contribution in [3.8, 4) is 0 Å². The van der Waals surface area contributed by atoms with E-state index >= 15 is 0 Å². The number of fused-ring (bicyclic) bond motifs is 2. The molecular weight excluding hydrogens is 466 g/mol. The second-order valence-electron chi connectivity index (χ2n) is 7.40. The van der Waals surface area contributed by atoms with Crippen LogP contribution in [0.15, 0.2) is 41.3 Å². The van der Waals surface area contributed by atoms with Crippen molar-refractivity contribution in [2.45, 2.75) is 43.0 Å². The maximum Gasteiger partial charge on any atom is 0.303 e. The van der Waals surface area contributed by atoms with Crippen LogP contribution in [0.1, 0.15) is 49.3 Å². The number of unbranched alkanes of at least 4 members (excludes halogenated alkanes) is 3. The SMILES string of the molecule is CN1c2ccccc2C([NH2+]CCCCCCC(=O)O)c2cc(F)c(Cl)cc2S1(=O)=O.[Cl-]. The van der Waals surface area contributed by atoms with Crippen molar-refractivity contribution in [2.24, 2.45) is 0 Å². The summed E-state index contributed by atoms with van der Waals surface area (Å²) in [6.07, 6.45) is 3.33. The zero-order valence-electron chi connectivity index (χ0n) is 17.0. The molecule has 0 fully saturated rings. The normalized spacial score (nSPS) is 16.6. The highest BCUT2D eigenvalue weighted by molar-refractivity contribution is 7.92. The second kappa shape index (κ2) is 10.6. The summed E-state index contributed by atoms with van der Waals surface area (Å²) < 4.78 is 41.9. The van der Waals surface area contributed by atoms with Gasteiger partial charge in [0.05, 0.1) is 22.2 Å². The third kappa shape index (κ3) is 5.49. The van der Waals surface area contributed by atoms with E-state index in [-0.39, 0.29) is 28.7 Å². The molecule has 0 saturated heterocycles. The smallest absolute Gasteiger partial charge is 0.303 e. The van der Waals surface area contributed by atoms with Crippen LogP contribution in [-0.4, -0.2) is 33.1 Å². The van der Waals surface area contributed by atoms with Crippen LogP contribution >= 0.6 is 11.6 Å². The number of quaternary nitrogens is 1. The molecule has 1 heterocycles. The molecule has 0 amide bonds. The highest BCUT2D eigenvalue weighted by Gasteiger charge is 2.37. The lowest BCUT2D eigenvalue weighted by atomic mass is 9.96. The maximum absolute atomic E-state index is 14.3. The predicted molar refractivity (Wildman–Crippen MR) is 113 cm³/mol. The first kappa shape index (κ1) is 25.4. The average Bonchev–Trinajstić information content (AvgIpc) is 2.76. The summed E-state index contributed by atoms with van der Waals surface area (Å²) in [5, 5.41) is 10.5. The molecule has 6 nitrogen and oxygen atoms in total. The molecule has 1 aliphatic rings. The van der Waals surface area contributed by atoms with Crippen LogP contribution in [0.5, 0.6) is 0 Å². The number of carboxylic acid groups (broad SMARTS) is 1. The summed E-state index contributed by atoms with van der Waals surface area (Å²) in [5.41, 5.74) is 1.71. The lowest BCUT2D eigenvalue weighted by Gasteiger charge is -2.20. The van der Waals surface area contributed by atoms with Crippen LogP contribution in [0.25, 0.3) is 0 Å². The zero-order chi connectivity index (χ0) is 21.9. The molecule has 0 spiro atoms. The fourth-order valence-corrected chi connectivity index (χ4v) is 5.50. The Bertz CT molecular complexity index is 1050. The number of nitrogens with zero attached hydrogens (tertiary/aromatic N) is 1. The Labute approximate surface area is 192 Å². The van der Waals surface area contributed by atoms with E-state index in [9.17, 15) is 17.6 Å². The van der Waals surface area contributed by atoms with Gasteiger partial charge in [-0.2, -0.15) is 0 Å². The van der Waals surface area contributed by atoms with E-state index in [4.69, 9.17) is 16.7 Å². The third-order valence-electron chi connectivity index (χ3n) is 5.38. The van der Waals surface area contributed by atoms with E-state index in [0.29, 0.717) is 24.2 Å². The summed E-state index contributed by atoms with van der Waals surface area (Å²) >= 11 is 5.92. The number of hydrogen-bond acceptors (Lipinski definition) is 3. The minimum Gasteiger partial charge on any atom is -1.00 e. The van der Waals surface area contributed by atoms with Gasteiger partial charge >= 0.3 is 5.97 Å². The molecule has 0 aliphatic carbocycles. The molecule has 3 rings (SSSR count). The van der Waals surface area contributed by atoms with E-state index in [0.717, 1.165) is 24.8 Å². The first-order chi connectivity index (χ1) is 14.2. The van der Waals surface area contributed by atoms with Crippen molar-refractivity contribution in [2.75, 3.05) is 17.9 Å². The van der Waals surface area contributed by atoms with Gasteiger partial charge in [0.2, 0.25) is 0 Å². The fourth-order valence-electron chi connectivity index (χ4n) is 3.80. The van der Waals surface area contributed by atoms with Gasteiger partial charge in [-0.15, -0.1) is 0 Å². The maximum atomic E-state index is 14.3. The Morgan fingerprint density at radius 1 is 1.16 bits per heavy atom.